The summed E-state index contributed by atoms with van der Waals surface area (Å²) in [7, 11) is 1.51. The smallest absolute Gasteiger partial charge is 0.416 e. The Morgan fingerprint density at radius 3 is 2.57 bits per heavy atom. The van der Waals surface area contributed by atoms with E-state index in [1.807, 2.05) is 0 Å². The molecule has 3 amide bonds. The van der Waals surface area contributed by atoms with Crippen molar-refractivity contribution < 1.29 is 27.5 Å². The van der Waals surface area contributed by atoms with Crippen LogP contribution in [0, 0.1) is 0 Å². The van der Waals surface area contributed by atoms with Gasteiger partial charge in [0, 0.05) is 28.6 Å². The number of nitrogens with zero attached hydrogens (tertiary/aromatic N) is 2. The molecule has 2 aliphatic rings. The maximum Gasteiger partial charge on any atom is 0.416 e. The second-order valence-corrected chi connectivity index (χ2v) is 10.3. The predicted molar refractivity (Wildman–Crippen MR) is 137 cm³/mol. The van der Waals surface area contributed by atoms with Crippen LogP contribution in [-0.2, 0) is 22.4 Å². The molecule has 0 saturated carbocycles. The first kappa shape index (κ1) is 25.3. The third-order valence-corrected chi connectivity index (χ3v) is 8.00. The molecule has 192 valence electrons. The summed E-state index contributed by atoms with van der Waals surface area (Å²) in [4.78, 5) is 29.2. The lowest BCUT2D eigenvalue weighted by molar-refractivity contribution is -0.137. The number of amides is 3. The number of carbonyl (C=O) groups excluding carboxylic acids is 2. The zero-order valence-electron chi connectivity index (χ0n) is 19.5. The fraction of sp³-hybridized carbons (Fsp3) is 0.231. The number of halogens is 4. The Balaban J connectivity index is 1.51. The van der Waals surface area contributed by atoms with E-state index in [1.165, 1.54) is 40.8 Å². The summed E-state index contributed by atoms with van der Waals surface area (Å²) >= 11 is 7.39. The number of benzene rings is 3. The highest BCUT2D eigenvalue weighted by Gasteiger charge is 2.59. The molecule has 0 aliphatic carbocycles. The van der Waals surface area contributed by atoms with Gasteiger partial charge in [-0.3, -0.25) is 9.69 Å². The van der Waals surface area contributed by atoms with Crippen LogP contribution in [0.4, 0.5) is 29.3 Å². The second kappa shape index (κ2) is 9.50. The van der Waals surface area contributed by atoms with Crippen LogP contribution >= 0.6 is 23.4 Å². The molecule has 1 saturated heterocycles. The molecule has 5 rings (SSSR count). The lowest BCUT2D eigenvalue weighted by atomic mass is 10.1. The third-order valence-electron chi connectivity index (χ3n) is 6.34. The number of alkyl halides is 3. The number of ether oxygens (including phenoxy) is 1. The van der Waals surface area contributed by atoms with Crippen LogP contribution in [0.15, 0.2) is 66.7 Å². The summed E-state index contributed by atoms with van der Waals surface area (Å²) in [6.07, 6.45) is -4.45. The monoisotopic (exact) mass is 547 g/mol. The van der Waals surface area contributed by atoms with Gasteiger partial charge in [0.1, 0.15) is 5.75 Å². The Kier molecular flexibility index (Phi) is 6.49. The molecule has 1 fully saturated rings. The molecule has 3 aromatic rings. The Hall–Kier alpha value is -3.37. The van der Waals surface area contributed by atoms with Gasteiger partial charge in [-0.25, -0.2) is 4.79 Å². The first-order valence-corrected chi connectivity index (χ1v) is 12.6. The van der Waals surface area contributed by atoms with Gasteiger partial charge < -0.3 is 15.0 Å². The average Bonchev–Trinajstić information content (AvgIpc) is 3.41. The molecule has 2 aliphatic heterocycles. The summed E-state index contributed by atoms with van der Waals surface area (Å²) in [5, 5.41) is 3.28. The van der Waals surface area contributed by atoms with Crippen molar-refractivity contribution in [2.24, 2.45) is 0 Å². The maximum atomic E-state index is 14.1. The summed E-state index contributed by atoms with van der Waals surface area (Å²) < 4.78 is 44.5. The van der Waals surface area contributed by atoms with Crippen molar-refractivity contribution in [3.05, 3.63) is 88.4 Å². The molecule has 2 heterocycles. The molecular weight excluding hydrogens is 527 g/mol. The van der Waals surface area contributed by atoms with E-state index in [-0.39, 0.29) is 12.5 Å². The molecule has 37 heavy (non-hydrogen) atoms. The zero-order valence-corrected chi connectivity index (χ0v) is 21.1. The van der Waals surface area contributed by atoms with E-state index in [0.717, 1.165) is 12.1 Å². The van der Waals surface area contributed by atoms with Crippen LogP contribution in [0.3, 0.4) is 0 Å². The molecule has 3 aromatic carbocycles. The highest BCUT2D eigenvalue weighted by Crippen LogP contribution is 2.55. The minimum absolute atomic E-state index is 0.0440. The topological polar surface area (TPSA) is 61.9 Å². The minimum atomic E-state index is -4.45. The molecule has 11 heteroatoms. The van der Waals surface area contributed by atoms with Gasteiger partial charge in [0.2, 0.25) is 0 Å². The van der Waals surface area contributed by atoms with Gasteiger partial charge in [-0.15, -0.1) is 11.8 Å². The Morgan fingerprint density at radius 1 is 1.14 bits per heavy atom. The molecule has 1 N–H and O–H groups in total. The summed E-state index contributed by atoms with van der Waals surface area (Å²) in [5.74, 6) is 0.684. The van der Waals surface area contributed by atoms with Gasteiger partial charge in [-0.1, -0.05) is 29.8 Å². The summed E-state index contributed by atoms with van der Waals surface area (Å²) in [5.41, 5.74) is 1.41. The van der Waals surface area contributed by atoms with Gasteiger partial charge in [-0.2, -0.15) is 13.2 Å². The fourth-order valence-corrected chi connectivity index (χ4v) is 6.26. The van der Waals surface area contributed by atoms with Crippen LogP contribution in [0.1, 0.15) is 16.7 Å². The minimum Gasteiger partial charge on any atom is -0.497 e. The van der Waals surface area contributed by atoms with Gasteiger partial charge in [0.25, 0.3) is 5.91 Å². The van der Waals surface area contributed by atoms with E-state index in [4.69, 9.17) is 16.3 Å². The Bertz CT molecular complexity index is 1370. The van der Waals surface area contributed by atoms with Crippen molar-refractivity contribution in [3.63, 3.8) is 0 Å². The lowest BCUT2D eigenvalue weighted by Crippen LogP contribution is -2.51. The first-order valence-electron chi connectivity index (χ1n) is 11.3. The molecule has 1 unspecified atom stereocenters. The van der Waals surface area contributed by atoms with Crippen molar-refractivity contribution in [3.8, 4) is 5.75 Å². The van der Waals surface area contributed by atoms with Gasteiger partial charge >= 0.3 is 12.2 Å². The van der Waals surface area contributed by atoms with Crippen molar-refractivity contribution in [2.75, 3.05) is 29.6 Å². The molecule has 0 radical (unpaired) electrons. The van der Waals surface area contributed by atoms with Crippen LogP contribution in [0.25, 0.3) is 0 Å². The fourth-order valence-electron chi connectivity index (χ4n) is 4.62. The molecule has 1 spiro atoms. The van der Waals surface area contributed by atoms with Crippen molar-refractivity contribution in [1.29, 1.82) is 0 Å². The number of thioether (sulfide) groups is 1. The Morgan fingerprint density at radius 2 is 1.89 bits per heavy atom. The first-order chi connectivity index (χ1) is 17.6. The van der Waals surface area contributed by atoms with Crippen molar-refractivity contribution in [1.82, 2.24) is 4.90 Å². The highest BCUT2D eigenvalue weighted by atomic mass is 35.5. The lowest BCUT2D eigenvalue weighted by Gasteiger charge is -2.33. The van der Waals surface area contributed by atoms with Crippen LogP contribution in [0.5, 0.6) is 5.75 Å². The number of hydrogen-bond acceptors (Lipinski definition) is 4. The van der Waals surface area contributed by atoms with E-state index < -0.39 is 22.6 Å². The molecule has 1 atom stereocenters. The largest absolute Gasteiger partial charge is 0.497 e. The Labute approximate surface area is 220 Å². The zero-order chi connectivity index (χ0) is 26.4. The van der Waals surface area contributed by atoms with E-state index in [9.17, 15) is 22.8 Å². The standard InChI is InChI=1S/C26H21ClF3N3O3S/c1-36-20-9-10-22-21(14-20)25(23(34)32(22)15-16-5-7-17(8-6-16)26(28,29)30)33(11-12-37-25)24(35)31-19-4-2-3-18(27)13-19/h2-10,13-14H,11-12,15H2,1H3,(H,31,35). The molecule has 0 aromatic heterocycles. The van der Waals surface area contributed by atoms with E-state index in [2.05, 4.69) is 5.32 Å². The van der Waals surface area contributed by atoms with E-state index in [1.54, 1.807) is 42.5 Å². The number of nitrogens with one attached hydrogen (secondary N) is 1. The number of anilines is 2. The number of rotatable bonds is 4. The SMILES string of the molecule is COc1ccc2c(c1)C1(SCCN1C(=O)Nc1cccc(Cl)c1)C(=O)N2Cc1ccc(C(F)(F)F)cc1. The van der Waals surface area contributed by atoms with Gasteiger partial charge in [0.05, 0.1) is 24.9 Å². The van der Waals surface area contributed by atoms with Gasteiger partial charge in [0.15, 0.2) is 4.87 Å². The highest BCUT2D eigenvalue weighted by molar-refractivity contribution is 8.01. The predicted octanol–water partition coefficient (Wildman–Crippen LogP) is 6.35. The number of methoxy groups -OCH3 is 1. The van der Waals surface area contributed by atoms with E-state index >= 15 is 0 Å². The molecular formula is C26H21ClF3N3O3S. The molecule has 6 nitrogen and oxygen atoms in total. The summed E-state index contributed by atoms with van der Waals surface area (Å²) in [6.45, 7) is 0.357. The normalized spacial score (nSPS) is 18.9. The number of urea groups is 1. The third kappa shape index (κ3) is 4.48. The van der Waals surface area contributed by atoms with E-state index in [0.29, 0.717) is 45.6 Å². The quantitative estimate of drug-likeness (QED) is 0.413. The van der Waals surface area contributed by atoms with Crippen LogP contribution < -0.4 is 15.0 Å². The second-order valence-electron chi connectivity index (χ2n) is 8.55. The van der Waals surface area contributed by atoms with Crippen molar-refractivity contribution >= 4 is 46.7 Å². The van der Waals surface area contributed by atoms with Gasteiger partial charge in [-0.05, 0) is 54.1 Å². The van der Waals surface area contributed by atoms with Crippen molar-refractivity contribution in [2.45, 2.75) is 17.6 Å². The maximum absolute atomic E-state index is 14.1. The summed E-state index contributed by atoms with van der Waals surface area (Å²) in [6, 6.07) is 16.1. The number of carbonyl (C=O) groups is 2. The molecule has 0 bridgehead atoms. The average molecular weight is 548 g/mol. The van der Waals surface area contributed by atoms with Crippen LogP contribution in [-0.4, -0.2) is 36.2 Å². The number of fused-ring (bicyclic) bond motifs is 2. The number of hydrogen-bond donors (Lipinski definition) is 1. The van der Waals surface area contributed by atoms with Crippen LogP contribution in [0.2, 0.25) is 5.02 Å².